The zero-order valence-electron chi connectivity index (χ0n) is 17.1. The van der Waals surface area contributed by atoms with Crippen molar-refractivity contribution in [1.82, 2.24) is 4.90 Å². The molecule has 0 bridgehead atoms. The Kier molecular flexibility index (Phi) is 6.30. The van der Waals surface area contributed by atoms with Gasteiger partial charge in [0.15, 0.2) is 0 Å². The van der Waals surface area contributed by atoms with Gasteiger partial charge in [-0.15, -0.1) is 0 Å². The second-order valence-electron chi connectivity index (χ2n) is 7.44. The first kappa shape index (κ1) is 20.0. The largest absolute Gasteiger partial charge is 0.491 e. The molecule has 0 fully saturated rings. The monoisotopic (exact) mass is 402 g/mol. The predicted octanol–water partition coefficient (Wildman–Crippen LogP) is 5.14. The van der Waals surface area contributed by atoms with Gasteiger partial charge in [0, 0.05) is 11.3 Å². The van der Waals surface area contributed by atoms with Crippen LogP contribution in [-0.2, 0) is 24.5 Å². The average molecular weight is 402 g/mol. The lowest BCUT2D eigenvalue weighted by Crippen LogP contribution is -2.36. The number of nitrogens with zero attached hydrogens (tertiary/aromatic N) is 1. The van der Waals surface area contributed by atoms with E-state index in [1.54, 1.807) is 4.90 Å². The number of rotatable bonds is 5. The molecule has 1 aliphatic heterocycles. The summed E-state index contributed by atoms with van der Waals surface area (Å²) in [6.07, 6.45) is 0. The van der Waals surface area contributed by atoms with Crippen LogP contribution in [0, 0.1) is 6.92 Å². The van der Waals surface area contributed by atoms with Crippen LogP contribution in [0.25, 0.3) is 0 Å². The average Bonchev–Trinajstić information content (AvgIpc) is 2.98. The van der Waals surface area contributed by atoms with Crippen LogP contribution in [0.4, 0.5) is 10.5 Å². The molecule has 1 aliphatic rings. The highest BCUT2D eigenvalue weighted by Crippen LogP contribution is 2.25. The lowest BCUT2D eigenvalue weighted by atomic mass is 10.1. The molecule has 1 heterocycles. The Labute approximate surface area is 177 Å². The van der Waals surface area contributed by atoms with Crippen molar-refractivity contribution in [2.24, 2.45) is 0 Å². The molecule has 4 rings (SSSR count). The lowest BCUT2D eigenvalue weighted by molar-refractivity contribution is 0.107. The van der Waals surface area contributed by atoms with Crippen LogP contribution >= 0.6 is 0 Å². The minimum atomic E-state index is -0.119. The smallest absolute Gasteiger partial charge is 0.322 e. The molecule has 0 aliphatic carbocycles. The maximum Gasteiger partial charge on any atom is 0.322 e. The van der Waals surface area contributed by atoms with Crippen LogP contribution in [0.1, 0.15) is 22.3 Å². The van der Waals surface area contributed by atoms with Crippen molar-refractivity contribution in [3.63, 3.8) is 0 Å². The third-order valence-corrected chi connectivity index (χ3v) is 5.16. The summed E-state index contributed by atoms with van der Waals surface area (Å²) in [4.78, 5) is 14.6. The highest BCUT2D eigenvalue weighted by molar-refractivity contribution is 5.90. The molecule has 0 spiro atoms. The molecule has 2 amide bonds. The highest BCUT2D eigenvalue weighted by atomic mass is 16.5. The van der Waals surface area contributed by atoms with Crippen molar-refractivity contribution in [1.29, 1.82) is 0 Å². The Bertz CT molecular complexity index is 1000. The normalized spacial score (nSPS) is 13.2. The van der Waals surface area contributed by atoms with Crippen LogP contribution in [0.5, 0.6) is 5.75 Å². The Morgan fingerprint density at radius 3 is 2.60 bits per heavy atom. The Morgan fingerprint density at radius 1 is 1.00 bits per heavy atom. The first-order valence-electron chi connectivity index (χ1n) is 10.2. The third-order valence-electron chi connectivity index (χ3n) is 5.16. The van der Waals surface area contributed by atoms with E-state index in [0.29, 0.717) is 32.9 Å². The number of aryl methyl sites for hydroxylation is 1. The second-order valence-corrected chi connectivity index (χ2v) is 7.44. The molecular formula is C25H26N2O3. The SMILES string of the molecule is Cc1ccccc1NC(=O)N1CCOc2ccc(COCc3ccccc3)cc2C1. The molecule has 0 radical (unpaired) electrons. The van der Waals surface area contributed by atoms with Gasteiger partial charge in [-0.1, -0.05) is 54.6 Å². The van der Waals surface area contributed by atoms with Gasteiger partial charge in [0.1, 0.15) is 12.4 Å². The lowest BCUT2D eigenvalue weighted by Gasteiger charge is -2.21. The van der Waals surface area contributed by atoms with Crippen molar-refractivity contribution in [2.75, 3.05) is 18.5 Å². The fourth-order valence-electron chi connectivity index (χ4n) is 3.48. The van der Waals surface area contributed by atoms with E-state index in [1.807, 2.05) is 61.5 Å². The van der Waals surface area contributed by atoms with Gasteiger partial charge in [0.05, 0.1) is 26.3 Å². The molecule has 154 valence electrons. The van der Waals surface area contributed by atoms with Crippen LogP contribution in [0.3, 0.4) is 0 Å². The van der Waals surface area contributed by atoms with E-state index in [1.165, 1.54) is 0 Å². The summed E-state index contributed by atoms with van der Waals surface area (Å²) in [5.41, 5.74) is 5.07. The number of anilines is 1. The van der Waals surface area contributed by atoms with Crippen LogP contribution in [0.2, 0.25) is 0 Å². The molecule has 0 aromatic heterocycles. The first-order chi connectivity index (χ1) is 14.7. The highest BCUT2D eigenvalue weighted by Gasteiger charge is 2.20. The quantitative estimate of drug-likeness (QED) is 0.643. The van der Waals surface area contributed by atoms with E-state index in [2.05, 4.69) is 23.5 Å². The molecule has 0 atom stereocenters. The number of carbonyl (C=O) groups is 1. The van der Waals surface area contributed by atoms with Crippen molar-refractivity contribution in [3.8, 4) is 5.75 Å². The van der Waals surface area contributed by atoms with Crippen LogP contribution in [0.15, 0.2) is 72.8 Å². The van der Waals surface area contributed by atoms with Gasteiger partial charge >= 0.3 is 6.03 Å². The van der Waals surface area contributed by atoms with Gasteiger partial charge in [0.2, 0.25) is 0 Å². The molecule has 0 saturated heterocycles. The number of hydrogen-bond acceptors (Lipinski definition) is 3. The maximum absolute atomic E-state index is 12.8. The standard InChI is InChI=1S/C25H26N2O3/c1-19-7-5-6-10-23(19)26-25(28)27-13-14-30-24-12-11-21(15-22(24)16-27)18-29-17-20-8-3-2-4-9-20/h2-12,15H,13-14,16-18H2,1H3,(H,26,28). The summed E-state index contributed by atoms with van der Waals surface area (Å²) in [7, 11) is 0. The molecule has 30 heavy (non-hydrogen) atoms. The third kappa shape index (κ3) is 4.99. The van der Waals surface area contributed by atoms with Crippen LogP contribution in [-0.4, -0.2) is 24.1 Å². The molecule has 5 nitrogen and oxygen atoms in total. The Balaban J connectivity index is 1.40. The molecule has 1 N–H and O–H groups in total. The molecule has 3 aromatic carbocycles. The van der Waals surface area contributed by atoms with E-state index in [-0.39, 0.29) is 6.03 Å². The maximum atomic E-state index is 12.8. The van der Waals surface area contributed by atoms with E-state index in [0.717, 1.165) is 33.7 Å². The molecule has 5 heteroatoms. The van der Waals surface area contributed by atoms with Crippen molar-refractivity contribution >= 4 is 11.7 Å². The van der Waals surface area contributed by atoms with Crippen LogP contribution < -0.4 is 10.1 Å². The Morgan fingerprint density at radius 2 is 1.77 bits per heavy atom. The van der Waals surface area contributed by atoms with E-state index >= 15 is 0 Å². The van der Waals surface area contributed by atoms with Gasteiger partial charge < -0.3 is 19.7 Å². The molecule has 0 saturated carbocycles. The summed E-state index contributed by atoms with van der Waals surface area (Å²) in [5.74, 6) is 0.827. The Hall–Kier alpha value is -3.31. The summed E-state index contributed by atoms with van der Waals surface area (Å²) in [6.45, 7) is 4.57. The zero-order chi connectivity index (χ0) is 20.8. The number of amides is 2. The van der Waals surface area contributed by atoms with Gasteiger partial charge in [-0.3, -0.25) is 0 Å². The van der Waals surface area contributed by atoms with Gasteiger partial charge in [-0.25, -0.2) is 4.79 Å². The van der Waals surface area contributed by atoms with E-state index in [4.69, 9.17) is 9.47 Å². The van der Waals surface area contributed by atoms with E-state index in [9.17, 15) is 4.79 Å². The number of nitrogens with one attached hydrogen (secondary N) is 1. The minimum absolute atomic E-state index is 0.119. The van der Waals surface area contributed by atoms with E-state index < -0.39 is 0 Å². The van der Waals surface area contributed by atoms with Crippen molar-refractivity contribution in [2.45, 2.75) is 26.7 Å². The topological polar surface area (TPSA) is 50.8 Å². The fourth-order valence-corrected chi connectivity index (χ4v) is 3.48. The summed E-state index contributed by atoms with van der Waals surface area (Å²) in [5, 5.41) is 3.01. The molecule has 0 unspecified atom stereocenters. The first-order valence-corrected chi connectivity index (χ1v) is 10.2. The molecule has 3 aromatic rings. The van der Waals surface area contributed by atoms with Gasteiger partial charge in [-0.05, 0) is 41.8 Å². The number of carbonyl (C=O) groups excluding carboxylic acids is 1. The van der Waals surface area contributed by atoms with Crippen molar-refractivity contribution in [3.05, 3.63) is 95.1 Å². The number of para-hydroxylation sites is 1. The summed E-state index contributed by atoms with van der Waals surface area (Å²) < 4.78 is 11.7. The zero-order valence-corrected chi connectivity index (χ0v) is 17.1. The number of benzene rings is 3. The number of hydrogen-bond donors (Lipinski definition) is 1. The number of fused-ring (bicyclic) bond motifs is 1. The van der Waals surface area contributed by atoms with Gasteiger partial charge in [0.25, 0.3) is 0 Å². The van der Waals surface area contributed by atoms with Gasteiger partial charge in [-0.2, -0.15) is 0 Å². The predicted molar refractivity (Wildman–Crippen MR) is 117 cm³/mol. The minimum Gasteiger partial charge on any atom is -0.491 e. The summed E-state index contributed by atoms with van der Waals surface area (Å²) >= 11 is 0. The number of urea groups is 1. The second kappa shape index (κ2) is 9.46. The van der Waals surface area contributed by atoms with Crippen molar-refractivity contribution < 1.29 is 14.3 Å². The fraction of sp³-hybridized carbons (Fsp3) is 0.240. The molecular weight excluding hydrogens is 376 g/mol. The number of ether oxygens (including phenoxy) is 2. The summed E-state index contributed by atoms with van der Waals surface area (Å²) in [6, 6.07) is 23.8.